The van der Waals surface area contributed by atoms with Crippen molar-refractivity contribution in [2.75, 3.05) is 13.2 Å². The minimum absolute atomic E-state index is 0.179. The Morgan fingerprint density at radius 3 is 2.83 bits per heavy atom. The molecule has 2 aromatic heterocycles. The monoisotopic (exact) mass is 316 g/mol. The smallest absolute Gasteiger partial charge is 0.358 e. The van der Waals surface area contributed by atoms with E-state index >= 15 is 0 Å². The van der Waals surface area contributed by atoms with Crippen molar-refractivity contribution in [1.82, 2.24) is 9.38 Å². The van der Waals surface area contributed by atoms with Gasteiger partial charge < -0.3 is 13.9 Å². The predicted octanol–water partition coefficient (Wildman–Crippen LogP) is 2.71. The number of ether oxygens (including phenoxy) is 2. The molecule has 0 spiro atoms. The molecule has 1 aliphatic carbocycles. The molecule has 3 rings (SSSR count). The van der Waals surface area contributed by atoms with Crippen LogP contribution in [-0.4, -0.2) is 34.5 Å². The van der Waals surface area contributed by atoms with Gasteiger partial charge in [-0.05, 0) is 43.7 Å². The van der Waals surface area contributed by atoms with Gasteiger partial charge in [0.1, 0.15) is 5.65 Å². The van der Waals surface area contributed by atoms with Crippen molar-refractivity contribution in [2.45, 2.75) is 38.5 Å². The van der Waals surface area contributed by atoms with E-state index in [2.05, 4.69) is 11.1 Å². The van der Waals surface area contributed by atoms with Gasteiger partial charge in [0.2, 0.25) is 0 Å². The van der Waals surface area contributed by atoms with Gasteiger partial charge in [-0.15, -0.1) is 0 Å². The highest BCUT2D eigenvalue weighted by molar-refractivity contribution is 5.88. The Morgan fingerprint density at radius 2 is 2.09 bits per heavy atom. The second-order valence-corrected chi connectivity index (χ2v) is 5.67. The first-order valence-electron chi connectivity index (χ1n) is 7.98. The van der Waals surface area contributed by atoms with Gasteiger partial charge in [0.15, 0.2) is 5.69 Å². The molecule has 0 atom stereocenters. The Balaban J connectivity index is 1.54. The fourth-order valence-electron chi connectivity index (χ4n) is 2.45. The van der Waals surface area contributed by atoms with Crippen LogP contribution in [0.5, 0.6) is 0 Å². The zero-order chi connectivity index (χ0) is 16.2. The summed E-state index contributed by atoms with van der Waals surface area (Å²) in [6, 6.07) is 3.99. The van der Waals surface area contributed by atoms with Gasteiger partial charge in [0.25, 0.3) is 0 Å². The van der Waals surface area contributed by atoms with E-state index in [1.807, 2.05) is 16.7 Å². The van der Waals surface area contributed by atoms with Crippen LogP contribution in [0.3, 0.4) is 0 Å². The first-order valence-corrected chi connectivity index (χ1v) is 7.98. The first-order chi connectivity index (χ1) is 11.2. The lowest BCUT2D eigenvalue weighted by atomic mass is 10.2. The molecule has 0 amide bonds. The fourth-order valence-corrected chi connectivity index (χ4v) is 2.45. The second kappa shape index (κ2) is 6.81. The normalized spacial score (nSPS) is 14.0. The van der Waals surface area contributed by atoms with E-state index in [-0.39, 0.29) is 24.7 Å². The quantitative estimate of drug-likeness (QED) is 0.580. The van der Waals surface area contributed by atoms with E-state index in [1.165, 1.54) is 18.4 Å². The van der Waals surface area contributed by atoms with E-state index in [4.69, 9.17) is 9.47 Å². The number of esters is 2. The lowest BCUT2D eigenvalue weighted by Crippen LogP contribution is -2.09. The molecule has 6 nitrogen and oxygen atoms in total. The molecule has 6 heteroatoms. The van der Waals surface area contributed by atoms with Crippen molar-refractivity contribution >= 4 is 17.6 Å². The topological polar surface area (TPSA) is 69.9 Å². The number of carbonyl (C=O) groups is 2. The number of nitrogens with zero attached hydrogens (tertiary/aromatic N) is 2. The minimum atomic E-state index is -0.467. The van der Waals surface area contributed by atoms with Crippen molar-refractivity contribution in [1.29, 1.82) is 0 Å². The Kier molecular flexibility index (Phi) is 4.60. The summed E-state index contributed by atoms with van der Waals surface area (Å²) < 4.78 is 11.8. The lowest BCUT2D eigenvalue weighted by Gasteiger charge is -2.03. The van der Waals surface area contributed by atoms with Crippen molar-refractivity contribution in [3.05, 3.63) is 35.8 Å². The molecule has 122 valence electrons. The molecule has 0 aromatic carbocycles. The summed E-state index contributed by atoms with van der Waals surface area (Å²) in [4.78, 5) is 27.5. The number of imidazole rings is 1. The van der Waals surface area contributed by atoms with E-state index in [1.54, 1.807) is 13.1 Å². The molecule has 0 bridgehead atoms. The molecule has 0 unspecified atom stereocenters. The van der Waals surface area contributed by atoms with Gasteiger partial charge in [-0.2, -0.15) is 0 Å². The van der Waals surface area contributed by atoms with Crippen LogP contribution in [0.15, 0.2) is 24.5 Å². The summed E-state index contributed by atoms with van der Waals surface area (Å²) in [5.74, 6) is -0.0884. The van der Waals surface area contributed by atoms with Crippen LogP contribution in [0.1, 0.15) is 54.6 Å². The zero-order valence-electron chi connectivity index (χ0n) is 13.2. The van der Waals surface area contributed by atoms with Crippen molar-refractivity contribution < 1.29 is 19.1 Å². The largest absolute Gasteiger partial charge is 0.466 e. The fraction of sp³-hybridized carbons (Fsp3) is 0.471. The maximum atomic E-state index is 12.0. The van der Waals surface area contributed by atoms with E-state index in [0.29, 0.717) is 18.9 Å². The maximum absolute atomic E-state index is 12.0. The molecule has 0 saturated heterocycles. The highest BCUT2D eigenvalue weighted by Gasteiger charge is 2.24. The summed E-state index contributed by atoms with van der Waals surface area (Å²) >= 11 is 0. The van der Waals surface area contributed by atoms with Crippen molar-refractivity contribution in [3.63, 3.8) is 0 Å². The van der Waals surface area contributed by atoms with Gasteiger partial charge in [-0.3, -0.25) is 4.79 Å². The minimum Gasteiger partial charge on any atom is -0.466 e. The second-order valence-electron chi connectivity index (χ2n) is 5.67. The highest BCUT2D eigenvalue weighted by Crippen LogP contribution is 2.39. The summed E-state index contributed by atoms with van der Waals surface area (Å²) in [7, 11) is 0. The molecule has 0 aliphatic heterocycles. The Labute approximate surface area is 134 Å². The van der Waals surface area contributed by atoms with Crippen LogP contribution >= 0.6 is 0 Å². The standard InChI is InChI=1S/C17H20N2O4/c1-2-22-16(20)4-3-9-23-17(21)14-11-19-10-13(12-5-6-12)7-8-15(19)18-14/h7-8,10-12H,2-6,9H2,1H3. The number of rotatable bonds is 7. The van der Waals surface area contributed by atoms with Gasteiger partial charge in [-0.25, -0.2) is 9.78 Å². The van der Waals surface area contributed by atoms with Gasteiger partial charge in [-0.1, -0.05) is 6.07 Å². The average Bonchev–Trinajstić information content (AvgIpc) is 3.30. The Bertz CT molecular complexity index is 718. The van der Waals surface area contributed by atoms with Crippen LogP contribution in [0.4, 0.5) is 0 Å². The van der Waals surface area contributed by atoms with Gasteiger partial charge in [0.05, 0.1) is 13.2 Å². The molecule has 1 saturated carbocycles. The lowest BCUT2D eigenvalue weighted by molar-refractivity contribution is -0.143. The molecule has 1 fully saturated rings. The third-order valence-electron chi connectivity index (χ3n) is 3.80. The number of carbonyl (C=O) groups excluding carboxylic acids is 2. The summed E-state index contributed by atoms with van der Waals surface area (Å²) in [5.41, 5.74) is 2.30. The number of aromatic nitrogens is 2. The van der Waals surface area contributed by atoms with Crippen LogP contribution < -0.4 is 0 Å². The Hall–Kier alpha value is -2.37. The average molecular weight is 316 g/mol. The molecular formula is C17H20N2O4. The molecule has 1 aliphatic rings. The van der Waals surface area contributed by atoms with E-state index in [9.17, 15) is 9.59 Å². The molecule has 0 N–H and O–H groups in total. The van der Waals surface area contributed by atoms with Crippen LogP contribution in [0.25, 0.3) is 5.65 Å². The molecule has 2 heterocycles. The van der Waals surface area contributed by atoms with E-state index in [0.717, 1.165) is 5.65 Å². The van der Waals surface area contributed by atoms with Crippen LogP contribution in [0.2, 0.25) is 0 Å². The van der Waals surface area contributed by atoms with Crippen molar-refractivity contribution in [3.8, 4) is 0 Å². The van der Waals surface area contributed by atoms with Crippen molar-refractivity contribution in [2.24, 2.45) is 0 Å². The number of hydrogen-bond donors (Lipinski definition) is 0. The summed E-state index contributed by atoms with van der Waals surface area (Å²) in [6.07, 6.45) is 6.87. The molecule has 23 heavy (non-hydrogen) atoms. The highest BCUT2D eigenvalue weighted by atomic mass is 16.5. The van der Waals surface area contributed by atoms with Crippen LogP contribution in [-0.2, 0) is 14.3 Å². The SMILES string of the molecule is CCOC(=O)CCCOC(=O)c1cn2cc(C3CC3)ccc2n1. The van der Waals surface area contributed by atoms with Crippen LogP contribution in [0, 0.1) is 0 Å². The maximum Gasteiger partial charge on any atom is 0.358 e. The number of hydrogen-bond acceptors (Lipinski definition) is 5. The zero-order valence-corrected chi connectivity index (χ0v) is 13.2. The molecule has 0 radical (unpaired) electrons. The summed E-state index contributed by atoms with van der Waals surface area (Å²) in [6.45, 7) is 2.30. The third-order valence-corrected chi connectivity index (χ3v) is 3.80. The third kappa shape index (κ3) is 3.88. The molecule has 2 aromatic rings. The first kappa shape index (κ1) is 15.5. The number of fused-ring (bicyclic) bond motifs is 1. The Morgan fingerprint density at radius 1 is 1.26 bits per heavy atom. The number of pyridine rings is 1. The predicted molar refractivity (Wildman–Crippen MR) is 83.3 cm³/mol. The van der Waals surface area contributed by atoms with E-state index < -0.39 is 5.97 Å². The summed E-state index contributed by atoms with van der Waals surface area (Å²) in [5, 5.41) is 0. The van der Waals surface area contributed by atoms with Gasteiger partial charge >= 0.3 is 11.9 Å². The molecular weight excluding hydrogens is 296 g/mol. The van der Waals surface area contributed by atoms with Gasteiger partial charge in [0, 0.05) is 18.8 Å².